The van der Waals surface area contributed by atoms with Crippen molar-refractivity contribution in [3.63, 3.8) is 0 Å². The van der Waals surface area contributed by atoms with Gasteiger partial charge in [0.1, 0.15) is 5.69 Å². The Bertz CT molecular complexity index is 926. The Kier molecular flexibility index (Phi) is 11.5. The van der Waals surface area contributed by atoms with Gasteiger partial charge in [0.25, 0.3) is 27.4 Å². The quantitative estimate of drug-likeness (QED) is 0.153. The van der Waals surface area contributed by atoms with E-state index in [9.17, 15) is 33.4 Å². The smallest absolute Gasteiger partial charge is 0.300 e. The van der Waals surface area contributed by atoms with E-state index in [2.05, 4.69) is 21.2 Å². The zero-order valence-corrected chi connectivity index (χ0v) is 20.3. The van der Waals surface area contributed by atoms with Gasteiger partial charge in [-0.25, -0.2) is 0 Å². The molecule has 0 aliphatic heterocycles. The van der Waals surface area contributed by atoms with Crippen molar-refractivity contribution in [3.05, 3.63) is 37.9 Å². The summed E-state index contributed by atoms with van der Waals surface area (Å²) in [6.45, 7) is 3.68. The van der Waals surface area contributed by atoms with Gasteiger partial charge in [-0.05, 0) is 12.8 Å². The SMILES string of the molecule is CCCCS(=O)(=O)OCCN(CCBr)c1c(C(=O)NCCC)cc([N+](=O)[O-])cc1[N+](=O)[O-]. The van der Waals surface area contributed by atoms with E-state index in [0.29, 0.717) is 24.6 Å². The second-order valence-electron chi connectivity index (χ2n) is 6.74. The van der Waals surface area contributed by atoms with Gasteiger partial charge in [-0.15, -0.1) is 0 Å². The van der Waals surface area contributed by atoms with Crippen LogP contribution in [-0.4, -0.2) is 61.5 Å². The second kappa shape index (κ2) is 13.3. The Labute approximate surface area is 194 Å². The minimum absolute atomic E-state index is 0.0936. The summed E-state index contributed by atoms with van der Waals surface area (Å²) in [6, 6.07) is 1.76. The minimum Gasteiger partial charge on any atom is -0.362 e. The molecule has 0 radical (unpaired) electrons. The molecule has 180 valence electrons. The van der Waals surface area contributed by atoms with Crippen LogP contribution in [0.1, 0.15) is 43.5 Å². The molecule has 0 atom stereocenters. The summed E-state index contributed by atoms with van der Waals surface area (Å²) in [7, 11) is -3.76. The first-order valence-electron chi connectivity index (χ1n) is 10.0. The third-order valence-electron chi connectivity index (χ3n) is 4.30. The Balaban J connectivity index is 3.41. The average Bonchev–Trinajstić information content (AvgIpc) is 2.74. The van der Waals surface area contributed by atoms with Gasteiger partial charge in [0.15, 0.2) is 0 Å². The summed E-state index contributed by atoms with van der Waals surface area (Å²) in [5, 5.41) is 25.9. The van der Waals surface area contributed by atoms with Crippen LogP contribution in [0.25, 0.3) is 0 Å². The van der Waals surface area contributed by atoms with Crippen LogP contribution < -0.4 is 10.2 Å². The van der Waals surface area contributed by atoms with Gasteiger partial charge in [0.2, 0.25) is 0 Å². The van der Waals surface area contributed by atoms with Crippen molar-refractivity contribution >= 4 is 49.0 Å². The van der Waals surface area contributed by atoms with Crippen LogP contribution in [0.5, 0.6) is 0 Å². The zero-order valence-electron chi connectivity index (χ0n) is 17.9. The van der Waals surface area contributed by atoms with Gasteiger partial charge in [-0.1, -0.05) is 36.2 Å². The van der Waals surface area contributed by atoms with E-state index < -0.39 is 37.2 Å². The number of carbonyl (C=O) groups excluding carboxylic acids is 1. The fraction of sp³-hybridized carbons (Fsp3) is 0.611. The van der Waals surface area contributed by atoms with Crippen LogP contribution in [0.15, 0.2) is 12.1 Å². The molecule has 0 fully saturated rings. The minimum atomic E-state index is -3.76. The topological polar surface area (TPSA) is 162 Å². The van der Waals surface area contributed by atoms with Crippen molar-refractivity contribution in [2.45, 2.75) is 33.1 Å². The van der Waals surface area contributed by atoms with Gasteiger partial charge in [-0.3, -0.25) is 29.2 Å². The van der Waals surface area contributed by atoms with Gasteiger partial charge in [0.05, 0.1) is 33.8 Å². The van der Waals surface area contributed by atoms with E-state index in [0.717, 1.165) is 12.1 Å². The molecule has 0 aromatic heterocycles. The molecule has 0 aliphatic carbocycles. The molecule has 0 spiro atoms. The number of nitro benzene ring substituents is 2. The summed E-state index contributed by atoms with van der Waals surface area (Å²) in [4.78, 5) is 35.5. The number of alkyl halides is 1. The molecule has 1 aromatic rings. The number of anilines is 1. The van der Waals surface area contributed by atoms with Crippen molar-refractivity contribution in [2.75, 3.05) is 42.2 Å². The lowest BCUT2D eigenvalue weighted by molar-refractivity contribution is -0.393. The third-order valence-corrected chi connectivity index (χ3v) is 5.97. The highest BCUT2D eigenvalue weighted by Crippen LogP contribution is 2.36. The van der Waals surface area contributed by atoms with Crippen LogP contribution in [0.2, 0.25) is 0 Å². The number of halogens is 1. The average molecular weight is 539 g/mol. The molecular formula is C18H27BrN4O8S. The number of non-ortho nitro benzene ring substituents is 1. The number of nitrogens with one attached hydrogen (secondary N) is 1. The highest BCUT2D eigenvalue weighted by molar-refractivity contribution is 9.09. The Morgan fingerprint density at radius 2 is 1.84 bits per heavy atom. The molecule has 0 saturated heterocycles. The van der Waals surface area contributed by atoms with Crippen LogP contribution in [-0.2, 0) is 14.3 Å². The molecule has 1 rings (SSSR count). The molecule has 0 saturated carbocycles. The van der Waals surface area contributed by atoms with E-state index in [1.54, 1.807) is 0 Å². The third kappa shape index (κ3) is 8.31. The molecule has 0 bridgehead atoms. The van der Waals surface area contributed by atoms with E-state index >= 15 is 0 Å². The molecule has 1 aromatic carbocycles. The fourth-order valence-electron chi connectivity index (χ4n) is 2.78. The number of nitro groups is 2. The number of unbranched alkanes of at least 4 members (excludes halogenated alkanes) is 1. The standard InChI is InChI=1S/C18H27BrN4O8S/c1-3-5-11-32(29,30)31-10-9-21(8-6-19)17-15(18(24)20-7-4-2)12-14(22(25)26)13-16(17)23(27)28/h12-13H,3-11H2,1-2H3,(H,20,24). The summed E-state index contributed by atoms with van der Waals surface area (Å²) >= 11 is 3.24. The maximum absolute atomic E-state index is 12.7. The number of benzene rings is 1. The van der Waals surface area contributed by atoms with Crippen molar-refractivity contribution in [3.8, 4) is 0 Å². The summed E-state index contributed by atoms with van der Waals surface area (Å²) in [5.41, 5.74) is -1.60. The largest absolute Gasteiger partial charge is 0.362 e. The van der Waals surface area contributed by atoms with E-state index in [4.69, 9.17) is 4.18 Å². The zero-order chi connectivity index (χ0) is 24.3. The molecule has 0 unspecified atom stereocenters. The van der Waals surface area contributed by atoms with Crippen molar-refractivity contribution < 1.29 is 27.2 Å². The molecule has 1 amide bonds. The normalized spacial score (nSPS) is 11.2. The molecule has 0 aliphatic rings. The first-order chi connectivity index (χ1) is 15.1. The summed E-state index contributed by atoms with van der Waals surface area (Å²) in [6.07, 6.45) is 1.69. The van der Waals surface area contributed by atoms with Gasteiger partial charge >= 0.3 is 0 Å². The number of amides is 1. The second-order valence-corrected chi connectivity index (χ2v) is 9.30. The Hall–Kier alpha value is -2.32. The number of rotatable bonds is 15. The fourth-order valence-corrected chi connectivity index (χ4v) is 4.30. The maximum atomic E-state index is 12.7. The molecule has 14 heteroatoms. The highest BCUT2D eigenvalue weighted by Gasteiger charge is 2.31. The number of hydrogen-bond acceptors (Lipinski definition) is 9. The first kappa shape index (κ1) is 27.7. The van der Waals surface area contributed by atoms with Crippen molar-refractivity contribution in [1.29, 1.82) is 0 Å². The lowest BCUT2D eigenvalue weighted by Crippen LogP contribution is -2.34. The summed E-state index contributed by atoms with van der Waals surface area (Å²) in [5.74, 6) is -0.852. The number of hydrogen-bond donors (Lipinski definition) is 1. The Morgan fingerprint density at radius 1 is 1.16 bits per heavy atom. The first-order valence-corrected chi connectivity index (χ1v) is 12.7. The van der Waals surface area contributed by atoms with Crippen LogP contribution in [0.3, 0.4) is 0 Å². The molecule has 12 nitrogen and oxygen atoms in total. The van der Waals surface area contributed by atoms with Crippen molar-refractivity contribution in [1.82, 2.24) is 5.32 Å². The number of nitrogens with zero attached hydrogens (tertiary/aromatic N) is 3. The van der Waals surface area contributed by atoms with Gasteiger partial charge in [0, 0.05) is 31.0 Å². The van der Waals surface area contributed by atoms with E-state index in [1.165, 1.54) is 4.90 Å². The lowest BCUT2D eigenvalue weighted by Gasteiger charge is -2.25. The molecule has 32 heavy (non-hydrogen) atoms. The van der Waals surface area contributed by atoms with Gasteiger partial charge < -0.3 is 10.2 Å². The molecule has 1 N–H and O–H groups in total. The van der Waals surface area contributed by atoms with Crippen LogP contribution >= 0.6 is 15.9 Å². The van der Waals surface area contributed by atoms with Gasteiger partial charge in [-0.2, -0.15) is 8.42 Å². The Morgan fingerprint density at radius 3 is 2.38 bits per heavy atom. The number of carbonyl (C=O) groups is 1. The summed E-state index contributed by atoms with van der Waals surface area (Å²) < 4.78 is 28.9. The predicted octanol–water partition coefficient (Wildman–Crippen LogP) is 2.99. The van der Waals surface area contributed by atoms with Crippen LogP contribution in [0, 0.1) is 20.2 Å². The predicted molar refractivity (Wildman–Crippen MR) is 123 cm³/mol. The lowest BCUT2D eigenvalue weighted by atomic mass is 10.1. The van der Waals surface area contributed by atoms with Crippen LogP contribution in [0.4, 0.5) is 17.1 Å². The highest BCUT2D eigenvalue weighted by atomic mass is 79.9. The van der Waals surface area contributed by atoms with Crippen molar-refractivity contribution in [2.24, 2.45) is 0 Å². The molecular weight excluding hydrogens is 512 g/mol. The van der Waals surface area contributed by atoms with E-state index in [-0.39, 0.29) is 43.2 Å². The monoisotopic (exact) mass is 538 g/mol. The van der Waals surface area contributed by atoms with E-state index in [1.807, 2.05) is 13.8 Å². The maximum Gasteiger partial charge on any atom is 0.300 e. The molecule has 0 heterocycles.